The minimum atomic E-state index is -0.612. The van der Waals surface area contributed by atoms with Crippen molar-refractivity contribution in [1.29, 1.82) is 0 Å². The van der Waals surface area contributed by atoms with Crippen molar-refractivity contribution in [3.8, 4) is 0 Å². The van der Waals surface area contributed by atoms with Gasteiger partial charge in [-0.15, -0.1) is 0 Å². The number of hydrogen-bond acceptors (Lipinski definition) is 2. The highest BCUT2D eigenvalue weighted by Crippen LogP contribution is 2.36. The first-order valence-electron chi connectivity index (χ1n) is 6.08. The molecule has 3 heteroatoms. The number of nitrogens with zero attached hydrogens (tertiary/aromatic N) is 1. The molecule has 0 spiro atoms. The van der Waals surface area contributed by atoms with E-state index >= 15 is 0 Å². The van der Waals surface area contributed by atoms with Crippen molar-refractivity contribution >= 4 is 5.97 Å². The fourth-order valence-electron chi connectivity index (χ4n) is 2.94. The number of carboxylic acid groups (broad SMARTS) is 1. The Balaban J connectivity index is 1.99. The molecule has 1 heterocycles. The maximum Gasteiger partial charge on any atom is 0.307 e. The zero-order valence-electron chi connectivity index (χ0n) is 9.65. The topological polar surface area (TPSA) is 40.5 Å². The highest BCUT2D eigenvalue weighted by molar-refractivity contribution is 5.70. The van der Waals surface area contributed by atoms with Crippen molar-refractivity contribution in [1.82, 2.24) is 4.90 Å². The van der Waals surface area contributed by atoms with Gasteiger partial charge in [0, 0.05) is 18.6 Å². The van der Waals surface area contributed by atoms with Crippen LogP contribution in [0.4, 0.5) is 0 Å². The minimum absolute atomic E-state index is 0.131. The van der Waals surface area contributed by atoms with Gasteiger partial charge in [0.05, 0.1) is 5.92 Å². The Labute approximate surface area is 91.5 Å². The second-order valence-corrected chi connectivity index (χ2v) is 5.28. The maximum absolute atomic E-state index is 11.0. The van der Waals surface area contributed by atoms with E-state index in [-0.39, 0.29) is 5.92 Å². The van der Waals surface area contributed by atoms with Crippen molar-refractivity contribution < 1.29 is 9.90 Å². The summed E-state index contributed by atoms with van der Waals surface area (Å²) in [4.78, 5) is 13.4. The van der Waals surface area contributed by atoms with E-state index in [0.717, 1.165) is 25.3 Å². The number of piperidine rings is 1. The van der Waals surface area contributed by atoms with Gasteiger partial charge in [-0.2, -0.15) is 0 Å². The van der Waals surface area contributed by atoms with Crippen LogP contribution in [0.3, 0.4) is 0 Å². The van der Waals surface area contributed by atoms with Crippen LogP contribution in [0.5, 0.6) is 0 Å². The van der Waals surface area contributed by atoms with Crippen molar-refractivity contribution in [2.24, 2.45) is 11.8 Å². The van der Waals surface area contributed by atoms with E-state index in [4.69, 9.17) is 5.11 Å². The Bertz CT molecular complexity index is 254. The quantitative estimate of drug-likeness (QED) is 0.759. The number of carboxylic acids is 1. The third kappa shape index (κ3) is 2.03. The van der Waals surface area contributed by atoms with E-state index in [0.29, 0.717) is 12.1 Å². The number of likely N-dealkylation sites (tertiary alicyclic amines) is 1. The first-order chi connectivity index (χ1) is 7.09. The van der Waals surface area contributed by atoms with Gasteiger partial charge < -0.3 is 5.11 Å². The Kier molecular flexibility index (Phi) is 3.01. The lowest BCUT2D eigenvalue weighted by molar-refractivity contribution is -0.145. The third-order valence-electron chi connectivity index (χ3n) is 4.28. The lowest BCUT2D eigenvalue weighted by Gasteiger charge is -2.49. The molecule has 0 aromatic rings. The summed E-state index contributed by atoms with van der Waals surface area (Å²) in [5.41, 5.74) is 0. The van der Waals surface area contributed by atoms with Crippen molar-refractivity contribution in [3.63, 3.8) is 0 Å². The molecule has 1 N–H and O–H groups in total. The van der Waals surface area contributed by atoms with Gasteiger partial charge in [-0.05, 0) is 38.5 Å². The van der Waals surface area contributed by atoms with Crippen LogP contribution in [0.2, 0.25) is 0 Å². The Hall–Kier alpha value is -0.570. The molecule has 0 radical (unpaired) electrons. The molecule has 2 fully saturated rings. The molecule has 4 atom stereocenters. The van der Waals surface area contributed by atoms with Gasteiger partial charge in [0.2, 0.25) is 0 Å². The van der Waals surface area contributed by atoms with Crippen molar-refractivity contribution in [2.75, 3.05) is 6.54 Å². The smallest absolute Gasteiger partial charge is 0.307 e. The molecule has 1 saturated carbocycles. The molecule has 4 unspecified atom stereocenters. The Morgan fingerprint density at radius 1 is 1.20 bits per heavy atom. The Morgan fingerprint density at radius 3 is 2.40 bits per heavy atom. The van der Waals surface area contributed by atoms with Crippen LogP contribution in [0.15, 0.2) is 0 Å². The summed E-state index contributed by atoms with van der Waals surface area (Å²) in [7, 11) is 0. The normalized spacial score (nSPS) is 42.3. The summed E-state index contributed by atoms with van der Waals surface area (Å²) >= 11 is 0. The fraction of sp³-hybridized carbons (Fsp3) is 0.917. The van der Waals surface area contributed by atoms with Gasteiger partial charge >= 0.3 is 5.97 Å². The van der Waals surface area contributed by atoms with Crippen LogP contribution in [0.25, 0.3) is 0 Å². The molecule has 2 rings (SSSR count). The lowest BCUT2D eigenvalue weighted by Crippen LogP contribution is -2.54. The second-order valence-electron chi connectivity index (χ2n) is 5.28. The molecule has 86 valence electrons. The van der Waals surface area contributed by atoms with Crippen LogP contribution in [0.1, 0.15) is 39.5 Å². The van der Waals surface area contributed by atoms with E-state index < -0.39 is 5.97 Å². The number of carbonyl (C=O) groups is 1. The van der Waals surface area contributed by atoms with E-state index in [1.807, 2.05) is 0 Å². The summed E-state index contributed by atoms with van der Waals surface area (Å²) in [6.07, 6.45) is 4.47. The van der Waals surface area contributed by atoms with Crippen LogP contribution in [0, 0.1) is 11.8 Å². The van der Waals surface area contributed by atoms with E-state index in [1.54, 1.807) is 0 Å². The van der Waals surface area contributed by atoms with Gasteiger partial charge in [-0.1, -0.05) is 6.92 Å². The van der Waals surface area contributed by atoms with Gasteiger partial charge in [0.15, 0.2) is 0 Å². The minimum Gasteiger partial charge on any atom is -0.481 e. The monoisotopic (exact) mass is 211 g/mol. The number of rotatable bonds is 2. The molecule has 15 heavy (non-hydrogen) atoms. The fourth-order valence-corrected chi connectivity index (χ4v) is 2.94. The molecular weight excluding hydrogens is 190 g/mol. The van der Waals surface area contributed by atoms with Crippen LogP contribution in [-0.2, 0) is 4.79 Å². The third-order valence-corrected chi connectivity index (χ3v) is 4.28. The molecule has 1 aliphatic heterocycles. The summed E-state index contributed by atoms with van der Waals surface area (Å²) < 4.78 is 0. The van der Waals surface area contributed by atoms with Gasteiger partial charge in [-0.25, -0.2) is 0 Å². The van der Waals surface area contributed by atoms with Gasteiger partial charge in [0.25, 0.3) is 0 Å². The van der Waals surface area contributed by atoms with Crippen molar-refractivity contribution in [3.05, 3.63) is 0 Å². The maximum atomic E-state index is 11.0. The molecule has 0 amide bonds. The molecule has 3 nitrogen and oxygen atoms in total. The zero-order valence-corrected chi connectivity index (χ0v) is 9.65. The first kappa shape index (κ1) is 10.9. The van der Waals surface area contributed by atoms with Gasteiger partial charge in [0.1, 0.15) is 0 Å². The largest absolute Gasteiger partial charge is 0.481 e. The predicted octanol–water partition coefficient (Wildman–Crippen LogP) is 1.97. The summed E-state index contributed by atoms with van der Waals surface area (Å²) in [6.45, 7) is 5.29. The van der Waals surface area contributed by atoms with E-state index in [2.05, 4.69) is 18.7 Å². The van der Waals surface area contributed by atoms with E-state index in [1.165, 1.54) is 12.8 Å². The van der Waals surface area contributed by atoms with Crippen LogP contribution < -0.4 is 0 Å². The molecule has 1 saturated heterocycles. The molecule has 1 aliphatic carbocycles. The number of hydrogen-bond donors (Lipinski definition) is 1. The van der Waals surface area contributed by atoms with Crippen LogP contribution >= 0.6 is 0 Å². The molecule has 0 aromatic heterocycles. The van der Waals surface area contributed by atoms with Crippen LogP contribution in [-0.4, -0.2) is 34.6 Å². The van der Waals surface area contributed by atoms with Gasteiger partial charge in [-0.3, -0.25) is 9.69 Å². The van der Waals surface area contributed by atoms with Crippen molar-refractivity contribution in [2.45, 2.75) is 51.6 Å². The summed E-state index contributed by atoms with van der Waals surface area (Å²) in [5, 5.41) is 9.05. The SMILES string of the molecule is CC1CCC1N1CC(C(=O)O)CCC1C. The standard InChI is InChI=1S/C12H21NO2/c1-8-3-6-11(8)13-7-10(12(14)15)5-4-9(13)2/h8-11H,3-7H2,1-2H3,(H,14,15). The molecular formula is C12H21NO2. The highest BCUT2D eigenvalue weighted by atomic mass is 16.4. The first-order valence-corrected chi connectivity index (χ1v) is 6.08. The average molecular weight is 211 g/mol. The average Bonchev–Trinajstić information content (AvgIpc) is 2.18. The number of aliphatic carboxylic acids is 1. The molecule has 0 aromatic carbocycles. The Morgan fingerprint density at radius 2 is 1.93 bits per heavy atom. The lowest BCUT2D eigenvalue weighted by atomic mass is 9.77. The van der Waals surface area contributed by atoms with E-state index in [9.17, 15) is 4.79 Å². The summed E-state index contributed by atoms with van der Waals surface area (Å²) in [5.74, 6) is 0.0212. The predicted molar refractivity (Wildman–Crippen MR) is 58.7 cm³/mol. The second kappa shape index (κ2) is 4.12. The molecule has 0 bridgehead atoms. The zero-order chi connectivity index (χ0) is 11.0. The highest BCUT2D eigenvalue weighted by Gasteiger charge is 2.39. The molecule has 2 aliphatic rings. The summed E-state index contributed by atoms with van der Waals surface area (Å²) in [6, 6.07) is 1.23.